The number of aryl methyl sites for hydroxylation is 1. The second-order valence-corrected chi connectivity index (χ2v) is 10.1. The van der Waals surface area contributed by atoms with Gasteiger partial charge in [-0.25, -0.2) is 4.39 Å². The molecule has 0 spiro atoms. The Bertz CT molecular complexity index is 1590. The molecular formula is C27H23BrClFN6O3. The zero-order valence-corrected chi connectivity index (χ0v) is 23.5. The average molecular weight is 614 g/mol. The van der Waals surface area contributed by atoms with E-state index in [0.717, 1.165) is 5.56 Å². The molecule has 0 saturated heterocycles. The lowest BCUT2D eigenvalue weighted by atomic mass is 9.94. The van der Waals surface area contributed by atoms with Gasteiger partial charge in [0.1, 0.15) is 18.5 Å². The zero-order valence-electron chi connectivity index (χ0n) is 21.1. The summed E-state index contributed by atoms with van der Waals surface area (Å²) in [4.78, 5) is 13.6. The summed E-state index contributed by atoms with van der Waals surface area (Å²) in [5.74, 6) is 0.296. The van der Waals surface area contributed by atoms with Crippen molar-refractivity contribution in [3.05, 3.63) is 97.9 Å². The number of hydrogen-bond acceptors (Lipinski definition) is 7. The van der Waals surface area contributed by atoms with Crippen LogP contribution in [0.4, 0.5) is 16.0 Å². The van der Waals surface area contributed by atoms with Crippen molar-refractivity contribution in [3.63, 3.8) is 0 Å². The van der Waals surface area contributed by atoms with E-state index < -0.39 is 11.9 Å². The monoisotopic (exact) mass is 612 g/mol. The maximum atomic E-state index is 14.3. The number of nitrogens with one attached hydrogen (secondary N) is 2. The Labute approximate surface area is 237 Å². The van der Waals surface area contributed by atoms with Crippen molar-refractivity contribution in [3.8, 4) is 11.5 Å². The Morgan fingerprint density at radius 3 is 2.74 bits per heavy atom. The third kappa shape index (κ3) is 5.32. The Kier molecular flexibility index (Phi) is 7.53. The van der Waals surface area contributed by atoms with Gasteiger partial charge in [-0.2, -0.15) is 4.68 Å². The molecule has 1 amide bonds. The lowest BCUT2D eigenvalue weighted by molar-refractivity contribution is -0.113. The number of halogens is 3. The van der Waals surface area contributed by atoms with E-state index in [4.69, 9.17) is 21.1 Å². The number of methoxy groups -OCH3 is 1. The van der Waals surface area contributed by atoms with Crippen molar-refractivity contribution in [1.82, 2.24) is 20.2 Å². The van der Waals surface area contributed by atoms with Crippen LogP contribution < -0.4 is 20.1 Å². The molecule has 2 N–H and O–H groups in total. The molecule has 1 unspecified atom stereocenters. The number of tetrazole rings is 1. The van der Waals surface area contributed by atoms with Gasteiger partial charge >= 0.3 is 0 Å². The maximum absolute atomic E-state index is 14.3. The number of amides is 1. The Morgan fingerprint density at radius 2 is 2.00 bits per heavy atom. The zero-order chi connectivity index (χ0) is 27.7. The smallest absolute Gasteiger partial charge is 0.255 e. The van der Waals surface area contributed by atoms with Crippen LogP contribution >= 0.6 is 27.5 Å². The van der Waals surface area contributed by atoms with E-state index in [-0.39, 0.29) is 23.1 Å². The minimum atomic E-state index is -0.693. The number of carbonyl (C=O) groups is 1. The van der Waals surface area contributed by atoms with E-state index in [1.165, 1.54) is 23.9 Å². The minimum absolute atomic E-state index is 0.118. The molecule has 0 radical (unpaired) electrons. The third-order valence-corrected chi connectivity index (χ3v) is 7.17. The molecule has 0 aliphatic carbocycles. The summed E-state index contributed by atoms with van der Waals surface area (Å²) in [6.45, 7) is 3.62. The fourth-order valence-electron chi connectivity index (χ4n) is 4.39. The van der Waals surface area contributed by atoms with E-state index in [1.807, 2.05) is 31.2 Å². The van der Waals surface area contributed by atoms with Crippen LogP contribution in [-0.4, -0.2) is 33.2 Å². The van der Waals surface area contributed by atoms with Crippen molar-refractivity contribution < 1.29 is 18.7 Å². The summed E-state index contributed by atoms with van der Waals surface area (Å²) < 4.78 is 27.9. The number of benzene rings is 3. The van der Waals surface area contributed by atoms with Gasteiger partial charge < -0.3 is 20.1 Å². The highest BCUT2D eigenvalue weighted by Gasteiger charge is 2.35. The van der Waals surface area contributed by atoms with Gasteiger partial charge in [-0.1, -0.05) is 34.9 Å². The van der Waals surface area contributed by atoms with E-state index in [1.54, 1.807) is 25.1 Å². The van der Waals surface area contributed by atoms with Gasteiger partial charge in [0.15, 0.2) is 11.5 Å². The van der Waals surface area contributed by atoms with Crippen LogP contribution in [0.15, 0.2) is 70.3 Å². The van der Waals surface area contributed by atoms with Gasteiger partial charge in [0.2, 0.25) is 5.95 Å². The van der Waals surface area contributed by atoms with Crippen LogP contribution in [0.25, 0.3) is 0 Å². The molecule has 2 heterocycles. The summed E-state index contributed by atoms with van der Waals surface area (Å²) in [6, 6.07) is 14.8. The maximum Gasteiger partial charge on any atom is 0.255 e. The predicted molar refractivity (Wildman–Crippen MR) is 149 cm³/mol. The molecule has 0 saturated carbocycles. The van der Waals surface area contributed by atoms with E-state index in [9.17, 15) is 9.18 Å². The minimum Gasteiger partial charge on any atom is -0.493 e. The first-order chi connectivity index (χ1) is 18.8. The van der Waals surface area contributed by atoms with Crippen molar-refractivity contribution in [2.75, 3.05) is 17.7 Å². The van der Waals surface area contributed by atoms with Crippen molar-refractivity contribution in [2.45, 2.75) is 26.5 Å². The van der Waals surface area contributed by atoms with E-state index in [0.29, 0.717) is 44.4 Å². The molecule has 1 atom stereocenters. The van der Waals surface area contributed by atoms with E-state index >= 15 is 0 Å². The standard InChI is InChI=1S/C27H23BrClFN6O3/c1-14-6-4-7-17(10-14)32-26(37)23-15(2)31-27-33-34-35-36(27)24(23)16-11-19(28)25(22(12-16)38-3)39-13-18-20(29)8-5-9-21(18)30/h4-12,24H,13H2,1-3H3,(H,32,37)(H,31,33,35). The molecule has 200 valence electrons. The largest absolute Gasteiger partial charge is 0.493 e. The van der Waals surface area contributed by atoms with Crippen LogP contribution in [-0.2, 0) is 11.4 Å². The quantitative estimate of drug-likeness (QED) is 0.262. The summed E-state index contributed by atoms with van der Waals surface area (Å²) in [6.07, 6.45) is 0. The first-order valence-corrected chi connectivity index (χ1v) is 13.0. The van der Waals surface area contributed by atoms with Gasteiger partial charge in [-0.15, -0.1) is 0 Å². The van der Waals surface area contributed by atoms with Crippen LogP contribution in [0.1, 0.15) is 29.7 Å². The number of carbonyl (C=O) groups excluding carboxylic acids is 1. The van der Waals surface area contributed by atoms with Crippen LogP contribution in [0.2, 0.25) is 5.02 Å². The fraction of sp³-hybridized carbons (Fsp3) is 0.185. The van der Waals surface area contributed by atoms with Crippen LogP contribution in [0.3, 0.4) is 0 Å². The number of ether oxygens (including phenoxy) is 2. The van der Waals surface area contributed by atoms with Crippen LogP contribution in [0.5, 0.6) is 11.5 Å². The number of allylic oxidation sites excluding steroid dienone is 1. The normalized spacial score (nSPS) is 14.5. The third-order valence-electron chi connectivity index (χ3n) is 6.22. The van der Waals surface area contributed by atoms with Gasteiger partial charge in [-0.3, -0.25) is 4.79 Å². The van der Waals surface area contributed by atoms with Gasteiger partial charge in [0.05, 0.1) is 22.2 Å². The summed E-state index contributed by atoms with van der Waals surface area (Å²) in [5.41, 5.74) is 3.56. The van der Waals surface area contributed by atoms with Gasteiger partial charge in [-0.05, 0) is 87.7 Å². The lowest BCUT2D eigenvalue weighted by Gasteiger charge is -2.28. The average Bonchev–Trinajstić information content (AvgIpc) is 3.36. The van der Waals surface area contributed by atoms with Crippen molar-refractivity contribution in [1.29, 1.82) is 0 Å². The molecule has 3 aromatic carbocycles. The number of anilines is 2. The number of aromatic nitrogens is 4. The summed E-state index contributed by atoms with van der Waals surface area (Å²) in [7, 11) is 1.49. The first kappa shape index (κ1) is 26.6. The Balaban J connectivity index is 1.52. The summed E-state index contributed by atoms with van der Waals surface area (Å²) >= 11 is 9.72. The number of hydrogen-bond donors (Lipinski definition) is 2. The molecule has 1 aromatic heterocycles. The number of rotatable bonds is 7. The van der Waals surface area contributed by atoms with E-state index in [2.05, 4.69) is 42.1 Å². The molecule has 9 nitrogen and oxygen atoms in total. The molecule has 4 aromatic rings. The highest BCUT2D eigenvalue weighted by molar-refractivity contribution is 9.10. The molecule has 0 fully saturated rings. The Morgan fingerprint density at radius 1 is 1.21 bits per heavy atom. The fourth-order valence-corrected chi connectivity index (χ4v) is 5.18. The van der Waals surface area contributed by atoms with Crippen molar-refractivity contribution >= 4 is 45.1 Å². The predicted octanol–water partition coefficient (Wildman–Crippen LogP) is 6.05. The molecule has 39 heavy (non-hydrogen) atoms. The molecule has 12 heteroatoms. The molecular weight excluding hydrogens is 591 g/mol. The Hall–Kier alpha value is -3.96. The van der Waals surface area contributed by atoms with Gasteiger partial charge in [0, 0.05) is 16.9 Å². The first-order valence-electron chi connectivity index (χ1n) is 11.8. The SMILES string of the molecule is COc1cc(C2C(C(=O)Nc3cccc(C)c3)=C(C)Nc3nnnn32)cc(Br)c1OCc1c(F)cccc1Cl. The molecule has 1 aliphatic rings. The molecule has 5 rings (SSSR count). The number of nitrogens with zero attached hydrogens (tertiary/aromatic N) is 4. The van der Waals surface area contributed by atoms with Gasteiger partial charge in [0.25, 0.3) is 5.91 Å². The second kappa shape index (κ2) is 11.0. The van der Waals surface area contributed by atoms with Crippen molar-refractivity contribution in [2.24, 2.45) is 0 Å². The molecule has 0 bridgehead atoms. The highest BCUT2D eigenvalue weighted by Crippen LogP contribution is 2.43. The summed E-state index contributed by atoms with van der Waals surface area (Å²) in [5, 5.41) is 18.3. The number of fused-ring (bicyclic) bond motifs is 1. The second-order valence-electron chi connectivity index (χ2n) is 8.86. The topological polar surface area (TPSA) is 103 Å². The lowest BCUT2D eigenvalue weighted by Crippen LogP contribution is -2.31. The highest BCUT2D eigenvalue weighted by atomic mass is 79.9. The molecule has 1 aliphatic heterocycles. The van der Waals surface area contributed by atoms with Crippen LogP contribution in [0, 0.1) is 12.7 Å².